The monoisotopic (exact) mass is 226 g/mol. The topological polar surface area (TPSA) is 9.23 Å². The number of aryl methyl sites for hydroxylation is 2. The Morgan fingerprint density at radius 2 is 1.65 bits per heavy atom. The van der Waals surface area contributed by atoms with Crippen LogP contribution in [0.4, 0.5) is 0 Å². The van der Waals surface area contributed by atoms with Gasteiger partial charge < -0.3 is 4.74 Å². The van der Waals surface area contributed by atoms with Gasteiger partial charge in [0, 0.05) is 0 Å². The van der Waals surface area contributed by atoms with Crippen LogP contribution in [0.25, 0.3) is 0 Å². The van der Waals surface area contributed by atoms with Crippen molar-refractivity contribution in [3.8, 4) is 5.75 Å². The molecule has 0 spiro atoms. The van der Waals surface area contributed by atoms with E-state index in [0.29, 0.717) is 0 Å². The van der Waals surface area contributed by atoms with Crippen LogP contribution < -0.4 is 4.74 Å². The average Bonchev–Trinajstić information content (AvgIpc) is 2.34. The molecule has 88 valence electrons. The molecule has 0 aromatic heterocycles. The van der Waals surface area contributed by atoms with E-state index in [4.69, 9.17) is 4.74 Å². The van der Waals surface area contributed by atoms with Gasteiger partial charge in [-0.3, -0.25) is 0 Å². The van der Waals surface area contributed by atoms with Crippen LogP contribution in [-0.2, 0) is 6.42 Å². The zero-order chi connectivity index (χ0) is 12.3. The van der Waals surface area contributed by atoms with Crippen molar-refractivity contribution in [2.75, 3.05) is 7.11 Å². The zero-order valence-corrected chi connectivity index (χ0v) is 10.7. The Bertz CT molecular complexity index is 497. The second-order valence-electron chi connectivity index (χ2n) is 4.45. The summed E-state index contributed by atoms with van der Waals surface area (Å²) in [7, 11) is 1.70. The zero-order valence-electron chi connectivity index (χ0n) is 10.7. The Balaban J connectivity index is 2.21. The minimum absolute atomic E-state index is 0.926. The maximum atomic E-state index is 5.22. The maximum Gasteiger partial charge on any atom is 0.119 e. The van der Waals surface area contributed by atoms with Gasteiger partial charge in [0.05, 0.1) is 7.11 Å². The molecule has 0 aliphatic heterocycles. The smallest absolute Gasteiger partial charge is 0.119 e. The first-order valence-corrected chi connectivity index (χ1v) is 5.88. The Morgan fingerprint density at radius 1 is 0.941 bits per heavy atom. The fourth-order valence-corrected chi connectivity index (χ4v) is 1.92. The molecule has 1 heteroatoms. The van der Waals surface area contributed by atoms with Gasteiger partial charge >= 0.3 is 0 Å². The molecule has 2 rings (SSSR count). The molecule has 0 saturated heterocycles. The van der Waals surface area contributed by atoms with Crippen molar-refractivity contribution in [2.45, 2.75) is 20.3 Å². The normalized spacial score (nSPS) is 10.3. The van der Waals surface area contributed by atoms with Crippen LogP contribution in [0.3, 0.4) is 0 Å². The second kappa shape index (κ2) is 5.05. The average molecular weight is 226 g/mol. The maximum absolute atomic E-state index is 5.22. The molecule has 2 aromatic carbocycles. The van der Waals surface area contributed by atoms with Crippen molar-refractivity contribution in [3.63, 3.8) is 0 Å². The van der Waals surface area contributed by atoms with Crippen LogP contribution in [0.15, 0.2) is 42.5 Å². The minimum atomic E-state index is 0.926. The molecule has 0 atom stereocenters. The fraction of sp³-hybridized carbons (Fsp3) is 0.250. The molecule has 17 heavy (non-hydrogen) atoms. The number of hydrogen-bond donors (Lipinski definition) is 0. The van der Waals surface area contributed by atoms with Gasteiger partial charge in [-0.1, -0.05) is 35.9 Å². The van der Waals surface area contributed by atoms with Gasteiger partial charge in [-0.25, -0.2) is 0 Å². The highest BCUT2D eigenvalue weighted by Crippen LogP contribution is 2.19. The molecule has 0 fully saturated rings. The van der Waals surface area contributed by atoms with Crippen LogP contribution in [-0.4, -0.2) is 7.11 Å². The van der Waals surface area contributed by atoms with E-state index < -0.39 is 0 Å². The number of benzene rings is 2. The van der Waals surface area contributed by atoms with Crippen molar-refractivity contribution in [2.24, 2.45) is 0 Å². The summed E-state index contributed by atoms with van der Waals surface area (Å²) >= 11 is 0. The number of ether oxygens (including phenoxy) is 1. The molecule has 0 saturated carbocycles. The molecule has 0 radical (unpaired) electrons. The Hall–Kier alpha value is -1.76. The van der Waals surface area contributed by atoms with E-state index in [1.165, 1.54) is 22.3 Å². The summed E-state index contributed by atoms with van der Waals surface area (Å²) in [5.41, 5.74) is 5.30. The number of methoxy groups -OCH3 is 1. The third-order valence-corrected chi connectivity index (χ3v) is 3.06. The third-order valence-electron chi connectivity index (χ3n) is 3.06. The predicted molar refractivity (Wildman–Crippen MR) is 71.7 cm³/mol. The number of hydrogen-bond acceptors (Lipinski definition) is 1. The van der Waals surface area contributed by atoms with E-state index in [-0.39, 0.29) is 0 Å². The summed E-state index contributed by atoms with van der Waals surface area (Å²) < 4.78 is 5.22. The Morgan fingerprint density at radius 3 is 2.24 bits per heavy atom. The second-order valence-corrected chi connectivity index (χ2v) is 4.45. The highest BCUT2D eigenvalue weighted by molar-refractivity contribution is 5.38. The van der Waals surface area contributed by atoms with E-state index in [1.54, 1.807) is 7.11 Å². The lowest BCUT2D eigenvalue weighted by Gasteiger charge is -2.08. The first kappa shape index (κ1) is 11.7. The highest BCUT2D eigenvalue weighted by Gasteiger charge is 2.01. The Kier molecular flexibility index (Phi) is 3.48. The molecule has 0 unspecified atom stereocenters. The van der Waals surface area contributed by atoms with Crippen molar-refractivity contribution in [1.29, 1.82) is 0 Å². The predicted octanol–water partition coefficient (Wildman–Crippen LogP) is 3.90. The standard InChI is InChI=1S/C16H18O/c1-12-4-6-14(7-5-12)11-15-8-9-16(17-3)10-13(15)2/h4-10H,11H2,1-3H3. The summed E-state index contributed by atoms with van der Waals surface area (Å²) in [5, 5.41) is 0. The summed E-state index contributed by atoms with van der Waals surface area (Å²) in [6.45, 7) is 4.24. The van der Waals surface area contributed by atoms with E-state index >= 15 is 0 Å². The lowest BCUT2D eigenvalue weighted by atomic mass is 10.00. The largest absolute Gasteiger partial charge is 0.497 e. The van der Waals surface area contributed by atoms with Crippen LogP contribution in [0.1, 0.15) is 22.3 Å². The van der Waals surface area contributed by atoms with Crippen LogP contribution in [0.5, 0.6) is 5.75 Å². The summed E-state index contributed by atoms with van der Waals surface area (Å²) in [6, 6.07) is 15.0. The first-order chi connectivity index (χ1) is 8.19. The van der Waals surface area contributed by atoms with Gasteiger partial charge in [0.25, 0.3) is 0 Å². The van der Waals surface area contributed by atoms with Gasteiger partial charge in [-0.15, -0.1) is 0 Å². The van der Waals surface area contributed by atoms with Gasteiger partial charge in [-0.05, 0) is 49.1 Å². The van der Waals surface area contributed by atoms with Gasteiger partial charge in [-0.2, -0.15) is 0 Å². The van der Waals surface area contributed by atoms with Crippen LogP contribution in [0, 0.1) is 13.8 Å². The third kappa shape index (κ3) is 2.88. The highest BCUT2D eigenvalue weighted by atomic mass is 16.5. The molecular formula is C16H18O. The van der Waals surface area contributed by atoms with E-state index in [0.717, 1.165) is 12.2 Å². The lowest BCUT2D eigenvalue weighted by molar-refractivity contribution is 0.414. The van der Waals surface area contributed by atoms with Gasteiger partial charge in [0.2, 0.25) is 0 Å². The molecule has 0 heterocycles. The molecular weight excluding hydrogens is 208 g/mol. The molecule has 1 nitrogen and oxygen atoms in total. The lowest BCUT2D eigenvalue weighted by Crippen LogP contribution is -1.93. The van der Waals surface area contributed by atoms with Gasteiger partial charge in [0.15, 0.2) is 0 Å². The molecule has 0 N–H and O–H groups in total. The summed E-state index contributed by atoms with van der Waals surface area (Å²) in [6.07, 6.45) is 0.982. The Labute approximate surface area is 103 Å². The fourth-order valence-electron chi connectivity index (χ4n) is 1.92. The molecule has 0 amide bonds. The molecule has 0 aliphatic rings. The van der Waals surface area contributed by atoms with E-state index in [1.807, 2.05) is 6.07 Å². The van der Waals surface area contributed by atoms with Crippen molar-refractivity contribution < 1.29 is 4.74 Å². The SMILES string of the molecule is COc1ccc(Cc2ccc(C)cc2)c(C)c1. The van der Waals surface area contributed by atoms with E-state index in [9.17, 15) is 0 Å². The molecule has 0 bridgehead atoms. The van der Waals surface area contributed by atoms with Crippen molar-refractivity contribution >= 4 is 0 Å². The quantitative estimate of drug-likeness (QED) is 0.771. The molecule has 0 aliphatic carbocycles. The van der Waals surface area contributed by atoms with Crippen LogP contribution >= 0.6 is 0 Å². The molecule has 2 aromatic rings. The number of rotatable bonds is 3. The summed E-state index contributed by atoms with van der Waals surface area (Å²) in [4.78, 5) is 0. The van der Waals surface area contributed by atoms with Crippen molar-refractivity contribution in [1.82, 2.24) is 0 Å². The minimum Gasteiger partial charge on any atom is -0.497 e. The van der Waals surface area contributed by atoms with Crippen LogP contribution in [0.2, 0.25) is 0 Å². The van der Waals surface area contributed by atoms with E-state index in [2.05, 4.69) is 50.2 Å². The summed E-state index contributed by atoms with van der Waals surface area (Å²) in [5.74, 6) is 0.926. The first-order valence-electron chi connectivity index (χ1n) is 5.88. The van der Waals surface area contributed by atoms with Crippen molar-refractivity contribution in [3.05, 3.63) is 64.7 Å². The van der Waals surface area contributed by atoms with Gasteiger partial charge in [0.1, 0.15) is 5.75 Å².